The molecule has 0 N–H and O–H groups in total. The Morgan fingerprint density at radius 2 is 1.33 bits per heavy atom. The number of esters is 1. The lowest BCUT2D eigenvalue weighted by molar-refractivity contribution is -0.929. The SMILES string of the molecule is C=CC[N+](C)(CCCCCCCCCCCCCCCC)C(CC)CCCOC(=O)C(=C)C. The highest BCUT2D eigenvalue weighted by atomic mass is 16.5. The number of quaternary nitrogens is 1. The van der Waals surface area contributed by atoms with E-state index in [1.807, 2.05) is 0 Å². The van der Waals surface area contributed by atoms with Crippen LogP contribution in [0.15, 0.2) is 24.8 Å². The maximum atomic E-state index is 11.6. The van der Waals surface area contributed by atoms with Crippen molar-refractivity contribution in [3.8, 4) is 0 Å². The van der Waals surface area contributed by atoms with Crippen LogP contribution >= 0.6 is 0 Å². The van der Waals surface area contributed by atoms with E-state index < -0.39 is 0 Å². The number of nitrogens with zero attached hydrogens (tertiary/aromatic N) is 1. The van der Waals surface area contributed by atoms with E-state index in [2.05, 4.69) is 40.1 Å². The molecular weight excluding hydrogens is 406 g/mol. The first kappa shape index (κ1) is 31.9. The minimum absolute atomic E-state index is 0.270. The molecule has 0 aromatic rings. The summed E-state index contributed by atoms with van der Waals surface area (Å²) >= 11 is 0. The quantitative estimate of drug-likeness (QED) is 0.0469. The molecule has 2 unspecified atom stereocenters. The number of ether oxygens (including phenoxy) is 1. The average molecular weight is 465 g/mol. The number of unbranched alkanes of at least 4 members (excludes halogenated alkanes) is 13. The maximum absolute atomic E-state index is 11.6. The van der Waals surface area contributed by atoms with Crippen LogP contribution in [-0.2, 0) is 9.53 Å². The third-order valence-corrected chi connectivity index (χ3v) is 7.18. The fourth-order valence-corrected chi connectivity index (χ4v) is 4.95. The van der Waals surface area contributed by atoms with E-state index >= 15 is 0 Å². The van der Waals surface area contributed by atoms with Crippen molar-refractivity contribution in [2.75, 3.05) is 26.7 Å². The molecule has 0 heterocycles. The van der Waals surface area contributed by atoms with E-state index in [4.69, 9.17) is 4.74 Å². The average Bonchev–Trinajstić information content (AvgIpc) is 2.79. The molecule has 0 aliphatic carbocycles. The van der Waals surface area contributed by atoms with Crippen LogP contribution in [0.3, 0.4) is 0 Å². The highest BCUT2D eigenvalue weighted by Gasteiger charge is 2.29. The van der Waals surface area contributed by atoms with Crippen molar-refractivity contribution >= 4 is 5.97 Å². The largest absolute Gasteiger partial charge is 0.462 e. The van der Waals surface area contributed by atoms with Crippen LogP contribution in [-0.4, -0.2) is 43.2 Å². The van der Waals surface area contributed by atoms with Gasteiger partial charge in [0.25, 0.3) is 0 Å². The standard InChI is InChI=1S/C30H58NO2/c1-7-10-11-12-13-14-15-16-17-18-19-20-21-22-26-31(6,25-8-2)29(9-3)24-23-27-33-30(32)28(4)5/h8,29H,2,4,7,9-27H2,1,3,5-6H3/q+1. The van der Waals surface area contributed by atoms with Gasteiger partial charge in [-0.3, -0.25) is 0 Å². The van der Waals surface area contributed by atoms with Crippen molar-refractivity contribution in [2.24, 2.45) is 0 Å². The Morgan fingerprint density at radius 1 is 0.848 bits per heavy atom. The second kappa shape index (κ2) is 21.4. The van der Waals surface area contributed by atoms with Gasteiger partial charge < -0.3 is 9.22 Å². The molecule has 3 nitrogen and oxygen atoms in total. The Bertz CT molecular complexity index is 502. The van der Waals surface area contributed by atoms with Gasteiger partial charge in [0, 0.05) is 12.0 Å². The van der Waals surface area contributed by atoms with Crippen LogP contribution in [0.2, 0.25) is 0 Å². The predicted molar refractivity (Wildman–Crippen MR) is 146 cm³/mol. The monoisotopic (exact) mass is 464 g/mol. The van der Waals surface area contributed by atoms with Crippen molar-refractivity contribution in [3.63, 3.8) is 0 Å². The third-order valence-electron chi connectivity index (χ3n) is 7.18. The second-order valence-electron chi connectivity index (χ2n) is 10.4. The van der Waals surface area contributed by atoms with Gasteiger partial charge in [-0.1, -0.05) is 104 Å². The smallest absolute Gasteiger partial charge is 0.333 e. The molecule has 0 rings (SSSR count). The molecule has 0 aliphatic rings. The van der Waals surface area contributed by atoms with Gasteiger partial charge in [-0.05, 0) is 38.7 Å². The number of hydrogen-bond acceptors (Lipinski definition) is 2. The summed E-state index contributed by atoms with van der Waals surface area (Å²) in [5.41, 5.74) is 0.479. The first-order valence-corrected chi connectivity index (χ1v) is 14.2. The number of rotatable bonds is 24. The van der Waals surface area contributed by atoms with Gasteiger partial charge in [-0.25, -0.2) is 4.79 Å². The van der Waals surface area contributed by atoms with Crippen LogP contribution < -0.4 is 0 Å². The Kier molecular flexibility index (Phi) is 20.7. The Morgan fingerprint density at radius 3 is 1.76 bits per heavy atom. The zero-order chi connectivity index (χ0) is 24.8. The van der Waals surface area contributed by atoms with Crippen LogP contribution in [0.25, 0.3) is 0 Å². The normalized spacial score (nSPS) is 13.9. The predicted octanol–water partition coefficient (Wildman–Crippen LogP) is 8.78. The van der Waals surface area contributed by atoms with Crippen LogP contribution in [0.5, 0.6) is 0 Å². The molecule has 0 fully saturated rings. The Hall–Kier alpha value is -1.09. The number of hydrogen-bond donors (Lipinski definition) is 0. The van der Waals surface area contributed by atoms with Gasteiger partial charge >= 0.3 is 5.97 Å². The lowest BCUT2D eigenvalue weighted by atomic mass is 10.0. The summed E-state index contributed by atoms with van der Waals surface area (Å²) < 4.78 is 6.35. The molecule has 0 saturated heterocycles. The van der Waals surface area contributed by atoms with E-state index in [-0.39, 0.29) is 5.97 Å². The van der Waals surface area contributed by atoms with Crippen molar-refractivity contribution < 1.29 is 14.0 Å². The fraction of sp³-hybridized carbons (Fsp3) is 0.833. The highest BCUT2D eigenvalue weighted by Crippen LogP contribution is 2.21. The first-order chi connectivity index (χ1) is 15.9. The van der Waals surface area contributed by atoms with Gasteiger partial charge in [0.15, 0.2) is 0 Å². The minimum atomic E-state index is -0.270. The molecule has 0 saturated carbocycles. The van der Waals surface area contributed by atoms with Crippen molar-refractivity contribution in [2.45, 2.75) is 136 Å². The van der Waals surface area contributed by atoms with Gasteiger partial charge in [-0.2, -0.15) is 0 Å². The number of carbonyl (C=O) groups excluding carboxylic acids is 1. The minimum Gasteiger partial charge on any atom is -0.462 e. The third kappa shape index (κ3) is 17.1. The van der Waals surface area contributed by atoms with Crippen LogP contribution in [0.4, 0.5) is 0 Å². The molecule has 33 heavy (non-hydrogen) atoms. The summed E-state index contributed by atoms with van der Waals surface area (Å²) in [6.07, 6.45) is 24.9. The van der Waals surface area contributed by atoms with Gasteiger partial charge in [0.05, 0.1) is 32.8 Å². The molecule has 0 amide bonds. The van der Waals surface area contributed by atoms with E-state index in [1.54, 1.807) is 6.92 Å². The molecule has 0 aromatic heterocycles. The van der Waals surface area contributed by atoms with Crippen molar-refractivity contribution in [1.29, 1.82) is 0 Å². The van der Waals surface area contributed by atoms with E-state index in [0.717, 1.165) is 30.3 Å². The molecule has 0 bridgehead atoms. The van der Waals surface area contributed by atoms with E-state index in [9.17, 15) is 4.79 Å². The molecule has 0 radical (unpaired) electrons. The molecule has 0 spiro atoms. The fourth-order valence-electron chi connectivity index (χ4n) is 4.95. The van der Waals surface area contributed by atoms with Crippen LogP contribution in [0, 0.1) is 0 Å². The van der Waals surface area contributed by atoms with Crippen molar-refractivity contribution in [1.82, 2.24) is 0 Å². The maximum Gasteiger partial charge on any atom is 0.333 e. The summed E-state index contributed by atoms with van der Waals surface area (Å²) in [5.74, 6) is -0.270. The summed E-state index contributed by atoms with van der Waals surface area (Å²) in [5, 5.41) is 0. The molecular formula is C30H58NO2+. The Balaban J connectivity index is 3.97. The van der Waals surface area contributed by atoms with E-state index in [1.165, 1.54) is 96.4 Å². The first-order valence-electron chi connectivity index (χ1n) is 14.2. The molecule has 194 valence electrons. The zero-order valence-electron chi connectivity index (χ0n) is 23.0. The summed E-state index contributed by atoms with van der Waals surface area (Å²) in [6.45, 7) is 16.7. The van der Waals surface area contributed by atoms with Gasteiger partial charge in [0.1, 0.15) is 0 Å². The second-order valence-corrected chi connectivity index (χ2v) is 10.4. The molecule has 3 heteroatoms. The van der Waals surface area contributed by atoms with Crippen LogP contribution in [0.1, 0.15) is 130 Å². The lowest BCUT2D eigenvalue weighted by Crippen LogP contribution is -2.52. The lowest BCUT2D eigenvalue weighted by Gasteiger charge is -2.41. The molecule has 0 aromatic carbocycles. The number of likely N-dealkylation sites (N-methyl/N-ethyl adjacent to an activating group) is 1. The number of carbonyl (C=O) groups is 1. The summed E-state index contributed by atoms with van der Waals surface area (Å²) in [6, 6.07) is 0.591. The van der Waals surface area contributed by atoms with Gasteiger partial charge in [0.2, 0.25) is 0 Å². The van der Waals surface area contributed by atoms with Crippen molar-refractivity contribution in [3.05, 3.63) is 24.8 Å². The van der Waals surface area contributed by atoms with Gasteiger partial charge in [-0.15, -0.1) is 0 Å². The highest BCUT2D eigenvalue weighted by molar-refractivity contribution is 5.86. The molecule has 2 atom stereocenters. The Labute approximate surface area is 207 Å². The summed E-state index contributed by atoms with van der Waals surface area (Å²) in [4.78, 5) is 11.6. The molecule has 0 aliphatic heterocycles. The topological polar surface area (TPSA) is 26.3 Å². The summed E-state index contributed by atoms with van der Waals surface area (Å²) in [7, 11) is 2.39. The zero-order valence-corrected chi connectivity index (χ0v) is 23.0. The van der Waals surface area contributed by atoms with E-state index in [0.29, 0.717) is 18.2 Å².